The molecule has 1 saturated carbocycles. The van der Waals surface area contributed by atoms with Crippen molar-refractivity contribution in [2.24, 2.45) is 5.73 Å². The van der Waals surface area contributed by atoms with Gasteiger partial charge in [-0.05, 0) is 18.9 Å². The molecule has 0 unspecified atom stereocenters. The molecule has 2 amide bonds. The number of amides is 2. The third kappa shape index (κ3) is 2.59. The van der Waals surface area contributed by atoms with E-state index in [-0.39, 0.29) is 18.3 Å². The van der Waals surface area contributed by atoms with E-state index in [2.05, 4.69) is 5.32 Å². The van der Waals surface area contributed by atoms with E-state index < -0.39 is 11.3 Å². The average Bonchev–Trinajstić information content (AvgIpc) is 2.87. The molecule has 0 heterocycles. The monoisotopic (exact) mass is 264 g/mol. The van der Waals surface area contributed by atoms with E-state index in [4.69, 9.17) is 5.73 Å². The zero-order valence-electron chi connectivity index (χ0n) is 10.6. The van der Waals surface area contributed by atoms with Gasteiger partial charge < -0.3 is 11.1 Å². The molecule has 0 aromatic heterocycles. The second-order valence-electron chi connectivity index (χ2n) is 4.92. The van der Waals surface area contributed by atoms with Crippen molar-refractivity contribution in [2.45, 2.75) is 31.1 Å². The summed E-state index contributed by atoms with van der Waals surface area (Å²) in [4.78, 5) is 23.1. The normalized spacial score (nSPS) is 17.1. The van der Waals surface area contributed by atoms with Crippen molar-refractivity contribution < 1.29 is 14.0 Å². The lowest BCUT2D eigenvalue weighted by molar-refractivity contribution is -0.129. The van der Waals surface area contributed by atoms with Crippen LogP contribution in [0.3, 0.4) is 0 Å². The predicted molar refractivity (Wildman–Crippen MR) is 68.8 cm³/mol. The van der Waals surface area contributed by atoms with Gasteiger partial charge in [0.1, 0.15) is 5.82 Å². The molecule has 0 bridgehead atoms. The minimum atomic E-state index is -0.860. The van der Waals surface area contributed by atoms with Gasteiger partial charge in [0.15, 0.2) is 0 Å². The standard InChI is InChI=1S/C14H17FN2O2/c15-11-6-2-1-5-10(11)14(7-3-4-8-14)13(19)17-9-12(16)18/h1-2,5-6H,3-4,7-9H2,(H2,16,18)(H,17,19). The molecule has 1 aromatic rings. The minimum Gasteiger partial charge on any atom is -0.368 e. The summed E-state index contributed by atoms with van der Waals surface area (Å²) in [6, 6.07) is 6.32. The molecule has 1 aliphatic carbocycles. The molecule has 5 heteroatoms. The summed E-state index contributed by atoms with van der Waals surface area (Å²) in [7, 11) is 0. The number of primary amides is 1. The van der Waals surface area contributed by atoms with Crippen molar-refractivity contribution in [1.29, 1.82) is 0 Å². The van der Waals surface area contributed by atoms with E-state index in [9.17, 15) is 14.0 Å². The third-order valence-electron chi connectivity index (χ3n) is 3.70. The zero-order chi connectivity index (χ0) is 13.9. The highest BCUT2D eigenvalue weighted by molar-refractivity contribution is 5.91. The Balaban J connectivity index is 2.30. The van der Waals surface area contributed by atoms with Crippen LogP contribution in [0.15, 0.2) is 24.3 Å². The molecule has 0 radical (unpaired) electrons. The molecular formula is C14H17FN2O2. The number of carbonyl (C=O) groups is 2. The molecule has 1 fully saturated rings. The van der Waals surface area contributed by atoms with Crippen LogP contribution >= 0.6 is 0 Å². The van der Waals surface area contributed by atoms with Crippen LogP contribution in [0.1, 0.15) is 31.2 Å². The number of nitrogens with two attached hydrogens (primary N) is 1. The van der Waals surface area contributed by atoms with Crippen LogP contribution in [0, 0.1) is 5.82 Å². The SMILES string of the molecule is NC(=O)CNC(=O)C1(c2ccccc2F)CCCC1. The first-order valence-corrected chi connectivity index (χ1v) is 6.38. The van der Waals surface area contributed by atoms with E-state index in [0.717, 1.165) is 12.8 Å². The quantitative estimate of drug-likeness (QED) is 0.858. The van der Waals surface area contributed by atoms with Gasteiger partial charge in [-0.25, -0.2) is 4.39 Å². The highest BCUT2D eigenvalue weighted by Gasteiger charge is 2.44. The van der Waals surface area contributed by atoms with E-state index in [0.29, 0.717) is 18.4 Å². The largest absolute Gasteiger partial charge is 0.368 e. The van der Waals surface area contributed by atoms with Gasteiger partial charge in [-0.1, -0.05) is 31.0 Å². The third-order valence-corrected chi connectivity index (χ3v) is 3.70. The number of benzene rings is 1. The minimum absolute atomic E-state index is 0.213. The van der Waals surface area contributed by atoms with Crippen LogP contribution in [0.5, 0.6) is 0 Å². The second kappa shape index (κ2) is 5.38. The summed E-state index contributed by atoms with van der Waals surface area (Å²) in [5.41, 5.74) is 4.57. The summed E-state index contributed by atoms with van der Waals surface area (Å²) < 4.78 is 14.0. The summed E-state index contributed by atoms with van der Waals surface area (Å²) in [6.07, 6.45) is 2.94. The van der Waals surface area contributed by atoms with Gasteiger partial charge in [0, 0.05) is 5.56 Å². The second-order valence-corrected chi connectivity index (χ2v) is 4.92. The van der Waals surface area contributed by atoms with Crippen LogP contribution in [0.4, 0.5) is 4.39 Å². The van der Waals surface area contributed by atoms with Gasteiger partial charge >= 0.3 is 0 Å². The Morgan fingerprint density at radius 3 is 2.47 bits per heavy atom. The lowest BCUT2D eigenvalue weighted by atomic mass is 9.77. The van der Waals surface area contributed by atoms with Crippen LogP contribution in [-0.2, 0) is 15.0 Å². The number of hydrogen-bond acceptors (Lipinski definition) is 2. The number of nitrogens with one attached hydrogen (secondary N) is 1. The summed E-state index contributed by atoms with van der Waals surface area (Å²) in [6.45, 7) is -0.213. The van der Waals surface area contributed by atoms with Gasteiger partial charge in [-0.3, -0.25) is 9.59 Å². The fourth-order valence-corrected chi connectivity index (χ4v) is 2.78. The van der Waals surface area contributed by atoms with Gasteiger partial charge in [-0.15, -0.1) is 0 Å². The first-order valence-electron chi connectivity index (χ1n) is 6.38. The van der Waals surface area contributed by atoms with E-state index in [1.807, 2.05) is 0 Å². The molecule has 1 aliphatic rings. The van der Waals surface area contributed by atoms with Crippen molar-refractivity contribution in [2.75, 3.05) is 6.54 Å². The molecule has 19 heavy (non-hydrogen) atoms. The van der Waals surface area contributed by atoms with E-state index >= 15 is 0 Å². The highest BCUT2D eigenvalue weighted by atomic mass is 19.1. The number of halogens is 1. The lowest BCUT2D eigenvalue weighted by Gasteiger charge is -2.28. The molecule has 4 nitrogen and oxygen atoms in total. The van der Waals surface area contributed by atoms with Gasteiger partial charge in [-0.2, -0.15) is 0 Å². The van der Waals surface area contributed by atoms with Crippen molar-refractivity contribution in [3.8, 4) is 0 Å². The maximum absolute atomic E-state index is 14.0. The van der Waals surface area contributed by atoms with Crippen LogP contribution in [0.25, 0.3) is 0 Å². The molecule has 0 saturated heterocycles. The Labute approximate surface area is 111 Å². The fraction of sp³-hybridized carbons (Fsp3) is 0.429. The molecule has 102 valence electrons. The Hall–Kier alpha value is -1.91. The van der Waals surface area contributed by atoms with Crippen molar-refractivity contribution in [3.05, 3.63) is 35.6 Å². The predicted octanol–water partition coefficient (Wildman–Crippen LogP) is 1.24. The molecule has 1 aromatic carbocycles. The number of rotatable bonds is 4. The van der Waals surface area contributed by atoms with Crippen molar-refractivity contribution in [1.82, 2.24) is 5.32 Å². The van der Waals surface area contributed by atoms with Crippen LogP contribution < -0.4 is 11.1 Å². The van der Waals surface area contributed by atoms with Crippen LogP contribution in [-0.4, -0.2) is 18.4 Å². The Morgan fingerprint density at radius 1 is 1.26 bits per heavy atom. The molecular weight excluding hydrogens is 247 g/mol. The van der Waals surface area contributed by atoms with Crippen molar-refractivity contribution in [3.63, 3.8) is 0 Å². The smallest absolute Gasteiger partial charge is 0.236 e. The highest BCUT2D eigenvalue weighted by Crippen LogP contribution is 2.42. The zero-order valence-corrected chi connectivity index (χ0v) is 10.6. The number of hydrogen-bond donors (Lipinski definition) is 2. The van der Waals surface area contributed by atoms with Crippen molar-refractivity contribution >= 4 is 11.8 Å². The molecule has 3 N–H and O–H groups in total. The summed E-state index contributed by atoms with van der Waals surface area (Å²) in [5.74, 6) is -1.29. The maximum Gasteiger partial charge on any atom is 0.236 e. The Morgan fingerprint density at radius 2 is 1.89 bits per heavy atom. The molecule has 0 aliphatic heterocycles. The fourth-order valence-electron chi connectivity index (χ4n) is 2.78. The Bertz CT molecular complexity index is 496. The van der Waals surface area contributed by atoms with Gasteiger partial charge in [0.25, 0.3) is 0 Å². The summed E-state index contributed by atoms with van der Waals surface area (Å²) in [5, 5.41) is 2.51. The maximum atomic E-state index is 14.0. The first-order chi connectivity index (χ1) is 9.06. The van der Waals surface area contributed by atoms with Gasteiger partial charge in [0.2, 0.25) is 11.8 Å². The molecule has 2 rings (SSSR count). The molecule has 0 atom stereocenters. The molecule has 0 spiro atoms. The topological polar surface area (TPSA) is 72.2 Å². The lowest BCUT2D eigenvalue weighted by Crippen LogP contribution is -2.45. The van der Waals surface area contributed by atoms with E-state index in [1.165, 1.54) is 6.07 Å². The van der Waals surface area contributed by atoms with Gasteiger partial charge in [0.05, 0.1) is 12.0 Å². The van der Waals surface area contributed by atoms with E-state index in [1.54, 1.807) is 18.2 Å². The van der Waals surface area contributed by atoms with Crippen LogP contribution in [0.2, 0.25) is 0 Å². The first kappa shape index (κ1) is 13.5. The number of carbonyl (C=O) groups excluding carboxylic acids is 2. The summed E-state index contributed by atoms with van der Waals surface area (Å²) >= 11 is 0. The Kier molecular flexibility index (Phi) is 3.83. The average molecular weight is 264 g/mol.